The van der Waals surface area contributed by atoms with E-state index in [1.54, 1.807) is 0 Å². The molecule has 0 saturated heterocycles. The smallest absolute Gasteiger partial charge is 0.265 e. The molecule has 2 N–H and O–H groups in total. The van der Waals surface area contributed by atoms with Gasteiger partial charge >= 0.3 is 0 Å². The minimum absolute atomic E-state index is 0.0200. The first kappa shape index (κ1) is 18.1. The van der Waals surface area contributed by atoms with Crippen LogP contribution in [0.5, 0.6) is 5.75 Å². The second-order valence-corrected chi connectivity index (χ2v) is 6.70. The number of amides is 1. The molecule has 134 valence electrons. The van der Waals surface area contributed by atoms with E-state index in [0.717, 1.165) is 10.4 Å². The number of thiophene rings is 1. The summed E-state index contributed by atoms with van der Waals surface area (Å²) in [6.07, 6.45) is -0.917. The van der Waals surface area contributed by atoms with Gasteiger partial charge < -0.3 is 15.2 Å². The molecule has 0 aliphatic carbocycles. The summed E-state index contributed by atoms with van der Waals surface area (Å²) in [5.74, 6) is -0.209. The van der Waals surface area contributed by atoms with Crippen molar-refractivity contribution in [3.63, 3.8) is 0 Å². The first-order chi connectivity index (χ1) is 12.6. The third-order valence-corrected chi connectivity index (χ3v) is 5.06. The minimum atomic E-state index is -0.917. The molecule has 0 saturated carbocycles. The van der Waals surface area contributed by atoms with Gasteiger partial charge in [-0.15, -0.1) is 11.3 Å². The lowest BCUT2D eigenvalue weighted by atomic mass is 10.1. The molecule has 3 aromatic rings. The first-order valence-corrected chi connectivity index (χ1v) is 8.85. The molecule has 3 rings (SSSR count). The third-order valence-electron chi connectivity index (χ3n) is 3.89. The Morgan fingerprint density at radius 2 is 1.88 bits per heavy atom. The number of aliphatic hydroxyl groups is 1. The van der Waals surface area contributed by atoms with Gasteiger partial charge in [-0.25, -0.2) is 4.39 Å². The van der Waals surface area contributed by atoms with Crippen molar-refractivity contribution in [2.45, 2.75) is 6.10 Å². The van der Waals surface area contributed by atoms with Crippen molar-refractivity contribution in [1.29, 1.82) is 0 Å². The highest BCUT2D eigenvalue weighted by molar-refractivity contribution is 7.17. The van der Waals surface area contributed by atoms with Gasteiger partial charge in [-0.1, -0.05) is 42.5 Å². The highest BCUT2D eigenvalue weighted by Crippen LogP contribution is 2.36. The molecule has 1 aromatic heterocycles. The van der Waals surface area contributed by atoms with Gasteiger partial charge in [-0.05, 0) is 29.3 Å². The van der Waals surface area contributed by atoms with Crippen LogP contribution in [-0.2, 0) is 0 Å². The maximum atomic E-state index is 12.9. The number of halogens is 1. The molecular weight excluding hydrogens is 353 g/mol. The lowest BCUT2D eigenvalue weighted by Crippen LogP contribution is -2.28. The van der Waals surface area contributed by atoms with Crippen LogP contribution in [0.3, 0.4) is 0 Å². The van der Waals surface area contributed by atoms with Crippen molar-refractivity contribution in [2.24, 2.45) is 0 Å². The summed E-state index contributed by atoms with van der Waals surface area (Å²) < 4.78 is 18.3. The number of ether oxygens (including phenoxy) is 1. The quantitative estimate of drug-likeness (QED) is 0.688. The van der Waals surface area contributed by atoms with Gasteiger partial charge in [0.1, 0.15) is 16.4 Å². The van der Waals surface area contributed by atoms with E-state index in [0.29, 0.717) is 16.2 Å². The molecule has 0 aliphatic rings. The van der Waals surface area contributed by atoms with Crippen molar-refractivity contribution in [2.75, 3.05) is 13.7 Å². The number of methoxy groups -OCH3 is 1. The zero-order chi connectivity index (χ0) is 18.5. The second kappa shape index (κ2) is 8.12. The summed E-state index contributed by atoms with van der Waals surface area (Å²) in [5, 5.41) is 12.9. The van der Waals surface area contributed by atoms with Gasteiger partial charge in [-0.3, -0.25) is 4.79 Å². The molecule has 1 amide bonds. The SMILES string of the molecule is COc1cc(-c2ccccc2)sc1C(=O)NCC(O)c1ccc(F)cc1. The van der Waals surface area contributed by atoms with E-state index in [4.69, 9.17) is 4.74 Å². The highest BCUT2D eigenvalue weighted by Gasteiger charge is 2.19. The van der Waals surface area contributed by atoms with E-state index in [9.17, 15) is 14.3 Å². The molecule has 1 atom stereocenters. The Labute approximate surface area is 154 Å². The Balaban J connectivity index is 1.71. The summed E-state index contributed by atoms with van der Waals surface area (Å²) in [7, 11) is 1.51. The Hall–Kier alpha value is -2.70. The first-order valence-electron chi connectivity index (χ1n) is 8.03. The van der Waals surface area contributed by atoms with E-state index in [1.165, 1.54) is 42.7 Å². The maximum absolute atomic E-state index is 12.9. The fourth-order valence-electron chi connectivity index (χ4n) is 2.50. The van der Waals surface area contributed by atoms with Gasteiger partial charge in [0.25, 0.3) is 5.91 Å². The molecule has 0 bridgehead atoms. The molecule has 4 nitrogen and oxygen atoms in total. The van der Waals surface area contributed by atoms with Gasteiger partial charge in [0, 0.05) is 11.4 Å². The molecule has 0 aliphatic heterocycles. The number of rotatable bonds is 6. The van der Waals surface area contributed by atoms with Crippen LogP contribution in [0.4, 0.5) is 4.39 Å². The molecule has 1 heterocycles. The number of hydrogen-bond acceptors (Lipinski definition) is 4. The molecule has 26 heavy (non-hydrogen) atoms. The Morgan fingerprint density at radius 1 is 1.19 bits per heavy atom. The van der Waals surface area contributed by atoms with Crippen molar-refractivity contribution in [1.82, 2.24) is 5.32 Å². The molecule has 6 heteroatoms. The predicted octanol–water partition coefficient (Wildman–Crippen LogP) is 4.03. The monoisotopic (exact) mass is 371 g/mol. The molecule has 0 fully saturated rings. The van der Waals surface area contributed by atoms with Crippen LogP contribution in [0.1, 0.15) is 21.3 Å². The highest BCUT2D eigenvalue weighted by atomic mass is 32.1. The van der Waals surface area contributed by atoms with Crippen LogP contribution in [0.2, 0.25) is 0 Å². The lowest BCUT2D eigenvalue weighted by Gasteiger charge is -2.12. The lowest BCUT2D eigenvalue weighted by molar-refractivity contribution is 0.0917. The normalized spacial score (nSPS) is 11.8. The van der Waals surface area contributed by atoms with E-state index in [2.05, 4.69) is 5.32 Å². The number of carbonyl (C=O) groups is 1. The Morgan fingerprint density at radius 3 is 2.54 bits per heavy atom. The van der Waals surface area contributed by atoms with E-state index < -0.39 is 6.10 Å². The van der Waals surface area contributed by atoms with Crippen LogP contribution >= 0.6 is 11.3 Å². The van der Waals surface area contributed by atoms with Gasteiger partial charge in [-0.2, -0.15) is 0 Å². The third kappa shape index (κ3) is 4.09. The second-order valence-electron chi connectivity index (χ2n) is 5.65. The standard InChI is InChI=1S/C20H18FNO3S/c1-25-17-11-18(14-5-3-2-4-6-14)26-19(17)20(24)22-12-16(23)13-7-9-15(21)10-8-13/h2-11,16,23H,12H2,1H3,(H,22,24). The van der Waals surface area contributed by atoms with Crippen LogP contribution in [0.25, 0.3) is 10.4 Å². The molecule has 1 unspecified atom stereocenters. The van der Waals surface area contributed by atoms with Crippen molar-refractivity contribution in [3.8, 4) is 16.2 Å². The molecule has 0 spiro atoms. The summed E-state index contributed by atoms with van der Waals surface area (Å²) in [5.41, 5.74) is 1.54. The van der Waals surface area contributed by atoms with Crippen LogP contribution in [0.15, 0.2) is 60.7 Å². The minimum Gasteiger partial charge on any atom is -0.495 e. The van der Waals surface area contributed by atoms with Crippen molar-refractivity contribution < 1.29 is 19.0 Å². The van der Waals surface area contributed by atoms with Crippen LogP contribution < -0.4 is 10.1 Å². The van der Waals surface area contributed by atoms with Crippen LogP contribution in [-0.4, -0.2) is 24.7 Å². The number of carbonyl (C=O) groups excluding carboxylic acids is 1. The van der Waals surface area contributed by atoms with Crippen LogP contribution in [0, 0.1) is 5.82 Å². The Kier molecular flexibility index (Phi) is 5.65. The maximum Gasteiger partial charge on any atom is 0.265 e. The average molecular weight is 371 g/mol. The zero-order valence-electron chi connectivity index (χ0n) is 14.1. The molecule has 0 radical (unpaired) electrons. The number of aliphatic hydroxyl groups excluding tert-OH is 1. The number of benzene rings is 2. The summed E-state index contributed by atoms with van der Waals surface area (Å²) in [6.45, 7) is 0.0200. The van der Waals surface area contributed by atoms with E-state index >= 15 is 0 Å². The van der Waals surface area contributed by atoms with Crippen molar-refractivity contribution in [3.05, 3.63) is 76.9 Å². The van der Waals surface area contributed by atoms with Crippen molar-refractivity contribution >= 4 is 17.2 Å². The summed E-state index contributed by atoms with van der Waals surface area (Å²) in [4.78, 5) is 13.9. The summed E-state index contributed by atoms with van der Waals surface area (Å²) in [6, 6.07) is 17.1. The summed E-state index contributed by atoms with van der Waals surface area (Å²) >= 11 is 1.33. The predicted molar refractivity (Wildman–Crippen MR) is 100 cm³/mol. The van der Waals surface area contributed by atoms with Gasteiger partial charge in [0.2, 0.25) is 0 Å². The Bertz CT molecular complexity index is 878. The van der Waals surface area contributed by atoms with E-state index in [1.807, 2.05) is 36.4 Å². The molecular formula is C20H18FNO3S. The average Bonchev–Trinajstić information content (AvgIpc) is 3.11. The number of hydrogen-bond donors (Lipinski definition) is 2. The largest absolute Gasteiger partial charge is 0.495 e. The van der Waals surface area contributed by atoms with E-state index in [-0.39, 0.29) is 18.3 Å². The van der Waals surface area contributed by atoms with Gasteiger partial charge in [0.15, 0.2) is 0 Å². The zero-order valence-corrected chi connectivity index (χ0v) is 14.9. The molecule has 2 aromatic carbocycles. The van der Waals surface area contributed by atoms with Gasteiger partial charge in [0.05, 0.1) is 13.2 Å². The topological polar surface area (TPSA) is 58.6 Å². The fraction of sp³-hybridized carbons (Fsp3) is 0.150. The number of nitrogens with one attached hydrogen (secondary N) is 1. The fourth-order valence-corrected chi connectivity index (χ4v) is 3.55.